The van der Waals surface area contributed by atoms with Crippen LogP contribution in [0.1, 0.15) is 27.8 Å². The van der Waals surface area contributed by atoms with Gasteiger partial charge in [0, 0.05) is 17.5 Å². The molecule has 152 valence electrons. The first kappa shape index (κ1) is 19.5. The molecule has 1 aliphatic heterocycles. The summed E-state index contributed by atoms with van der Waals surface area (Å²) in [5, 5.41) is 8.71. The van der Waals surface area contributed by atoms with Gasteiger partial charge in [-0.25, -0.2) is 0 Å². The van der Waals surface area contributed by atoms with Gasteiger partial charge < -0.3 is 19.3 Å². The summed E-state index contributed by atoms with van der Waals surface area (Å²) in [5.74, 6) is 2.39. The number of aryl methyl sites for hydroxylation is 1. The molecule has 0 saturated heterocycles. The first-order valence-electron chi connectivity index (χ1n) is 9.34. The molecule has 1 aliphatic rings. The van der Waals surface area contributed by atoms with Gasteiger partial charge in [0.25, 0.3) is 0 Å². The van der Waals surface area contributed by atoms with Crippen LogP contribution in [0.4, 0.5) is 5.82 Å². The van der Waals surface area contributed by atoms with Crippen molar-refractivity contribution in [2.24, 2.45) is 0 Å². The topological polar surface area (TPSA) is 76.8 Å². The molecule has 2 aromatic heterocycles. The van der Waals surface area contributed by atoms with E-state index in [1.807, 2.05) is 18.2 Å². The predicted molar refractivity (Wildman–Crippen MR) is 111 cm³/mol. The van der Waals surface area contributed by atoms with Crippen LogP contribution in [0.25, 0.3) is 0 Å². The maximum atomic E-state index is 12.7. The SMILES string of the molecule is COc1cc2c(cc1OC)C(c1cccs1)N(CC(=O)Nc1cc(C)on1)CC2. The highest BCUT2D eigenvalue weighted by Gasteiger charge is 2.32. The van der Waals surface area contributed by atoms with Crippen LogP contribution in [0.2, 0.25) is 0 Å². The Morgan fingerprint density at radius 1 is 1.31 bits per heavy atom. The number of rotatable bonds is 6. The number of anilines is 1. The molecule has 1 N–H and O–H groups in total. The molecule has 3 aromatic rings. The van der Waals surface area contributed by atoms with Crippen molar-refractivity contribution >= 4 is 23.1 Å². The lowest BCUT2D eigenvalue weighted by Crippen LogP contribution is -2.41. The van der Waals surface area contributed by atoms with Gasteiger partial charge in [0.2, 0.25) is 5.91 Å². The number of fused-ring (bicyclic) bond motifs is 1. The molecule has 7 nitrogen and oxygen atoms in total. The number of thiophene rings is 1. The average Bonchev–Trinajstić information content (AvgIpc) is 3.38. The van der Waals surface area contributed by atoms with E-state index in [0.29, 0.717) is 17.3 Å². The van der Waals surface area contributed by atoms with Crippen molar-refractivity contribution in [2.75, 3.05) is 32.6 Å². The van der Waals surface area contributed by atoms with Gasteiger partial charge in [-0.1, -0.05) is 11.2 Å². The van der Waals surface area contributed by atoms with Gasteiger partial charge in [-0.15, -0.1) is 11.3 Å². The van der Waals surface area contributed by atoms with Gasteiger partial charge in [-0.3, -0.25) is 9.69 Å². The smallest absolute Gasteiger partial charge is 0.239 e. The molecule has 0 fully saturated rings. The number of carbonyl (C=O) groups excluding carboxylic acids is 1. The summed E-state index contributed by atoms with van der Waals surface area (Å²) in [6.45, 7) is 2.80. The van der Waals surface area contributed by atoms with Crippen molar-refractivity contribution in [3.8, 4) is 11.5 Å². The largest absolute Gasteiger partial charge is 0.493 e. The van der Waals surface area contributed by atoms with Crippen molar-refractivity contribution in [3.63, 3.8) is 0 Å². The fraction of sp³-hybridized carbons (Fsp3) is 0.333. The third-order valence-corrected chi connectivity index (χ3v) is 5.95. The van der Waals surface area contributed by atoms with Crippen LogP contribution in [-0.2, 0) is 11.2 Å². The molecule has 3 heterocycles. The zero-order chi connectivity index (χ0) is 20.4. The molecule has 1 unspecified atom stereocenters. The van der Waals surface area contributed by atoms with Crippen LogP contribution < -0.4 is 14.8 Å². The van der Waals surface area contributed by atoms with Gasteiger partial charge in [0.1, 0.15) is 5.76 Å². The minimum atomic E-state index is -0.121. The lowest BCUT2D eigenvalue weighted by molar-refractivity contribution is -0.117. The second kappa shape index (κ2) is 8.26. The number of ether oxygens (including phenoxy) is 2. The van der Waals surface area contributed by atoms with Crippen molar-refractivity contribution in [2.45, 2.75) is 19.4 Å². The summed E-state index contributed by atoms with van der Waals surface area (Å²) in [5.41, 5.74) is 2.35. The van der Waals surface area contributed by atoms with E-state index in [2.05, 4.69) is 26.8 Å². The standard InChI is InChI=1S/C21H23N3O4S/c1-13-9-19(23-28-13)22-20(25)12-24-7-6-14-10-16(26-2)17(27-3)11-15(14)21(24)18-5-4-8-29-18/h4-5,8-11,21H,6-7,12H2,1-3H3,(H,22,23,25). The van der Waals surface area contributed by atoms with E-state index in [9.17, 15) is 4.79 Å². The molecule has 0 spiro atoms. The second-order valence-corrected chi connectivity index (χ2v) is 7.89. The fourth-order valence-corrected chi connectivity index (χ4v) is 4.62. The Morgan fingerprint density at radius 2 is 2.10 bits per heavy atom. The van der Waals surface area contributed by atoms with Gasteiger partial charge in [-0.05, 0) is 48.1 Å². The monoisotopic (exact) mass is 413 g/mol. The quantitative estimate of drug-likeness (QED) is 0.665. The number of nitrogens with zero attached hydrogens (tertiary/aromatic N) is 2. The normalized spacial score (nSPS) is 16.3. The van der Waals surface area contributed by atoms with E-state index in [4.69, 9.17) is 14.0 Å². The van der Waals surface area contributed by atoms with E-state index in [1.54, 1.807) is 38.5 Å². The molecule has 1 amide bonds. The molecule has 0 aliphatic carbocycles. The highest BCUT2D eigenvalue weighted by molar-refractivity contribution is 7.10. The summed E-state index contributed by atoms with van der Waals surface area (Å²) in [6, 6.07) is 9.90. The Hall–Kier alpha value is -2.84. The molecule has 4 rings (SSSR count). The summed E-state index contributed by atoms with van der Waals surface area (Å²) >= 11 is 1.68. The number of methoxy groups -OCH3 is 2. The highest BCUT2D eigenvalue weighted by Crippen LogP contribution is 2.42. The lowest BCUT2D eigenvalue weighted by Gasteiger charge is -2.36. The van der Waals surface area contributed by atoms with Gasteiger partial charge in [-0.2, -0.15) is 0 Å². The van der Waals surface area contributed by atoms with Crippen LogP contribution in [0.15, 0.2) is 40.2 Å². The fourth-order valence-electron chi connectivity index (χ4n) is 3.74. The van der Waals surface area contributed by atoms with Crippen molar-refractivity contribution < 1.29 is 18.8 Å². The minimum absolute atomic E-state index is 0.0247. The van der Waals surface area contributed by atoms with Crippen LogP contribution in [0.3, 0.4) is 0 Å². The van der Waals surface area contributed by atoms with E-state index in [0.717, 1.165) is 24.3 Å². The van der Waals surface area contributed by atoms with Crippen molar-refractivity contribution in [1.29, 1.82) is 0 Å². The molecule has 8 heteroatoms. The average molecular weight is 413 g/mol. The molecular formula is C21H23N3O4S. The molecule has 0 saturated carbocycles. The minimum Gasteiger partial charge on any atom is -0.493 e. The lowest BCUT2D eigenvalue weighted by atomic mass is 9.91. The number of aromatic nitrogens is 1. The van der Waals surface area contributed by atoms with Gasteiger partial charge in [0.05, 0.1) is 26.8 Å². The summed E-state index contributed by atoms with van der Waals surface area (Å²) < 4.78 is 16.0. The van der Waals surface area contributed by atoms with Crippen molar-refractivity contribution in [3.05, 3.63) is 57.5 Å². The van der Waals surface area contributed by atoms with E-state index in [-0.39, 0.29) is 18.5 Å². The maximum absolute atomic E-state index is 12.7. The number of hydrogen-bond donors (Lipinski definition) is 1. The van der Waals surface area contributed by atoms with E-state index in [1.165, 1.54) is 10.4 Å². The maximum Gasteiger partial charge on any atom is 0.239 e. The zero-order valence-corrected chi connectivity index (χ0v) is 17.4. The second-order valence-electron chi connectivity index (χ2n) is 6.92. The summed E-state index contributed by atoms with van der Waals surface area (Å²) in [4.78, 5) is 16.0. The summed E-state index contributed by atoms with van der Waals surface area (Å²) in [7, 11) is 3.28. The van der Waals surface area contributed by atoms with Crippen molar-refractivity contribution in [1.82, 2.24) is 10.1 Å². The van der Waals surface area contributed by atoms with E-state index < -0.39 is 0 Å². The number of nitrogens with one attached hydrogen (secondary N) is 1. The third kappa shape index (κ3) is 3.99. The Bertz CT molecular complexity index is 1000. The zero-order valence-electron chi connectivity index (χ0n) is 16.6. The first-order valence-corrected chi connectivity index (χ1v) is 10.2. The molecular weight excluding hydrogens is 390 g/mol. The Morgan fingerprint density at radius 3 is 2.76 bits per heavy atom. The van der Waals surface area contributed by atoms with Crippen LogP contribution in [0.5, 0.6) is 11.5 Å². The Balaban J connectivity index is 1.64. The Kier molecular flexibility index (Phi) is 5.55. The predicted octanol–water partition coefficient (Wildman–Crippen LogP) is 3.65. The number of amides is 1. The van der Waals surface area contributed by atoms with Crippen LogP contribution >= 0.6 is 11.3 Å². The highest BCUT2D eigenvalue weighted by atomic mass is 32.1. The first-order chi connectivity index (χ1) is 14.1. The van der Waals surface area contributed by atoms with Crippen LogP contribution in [-0.4, -0.2) is 43.3 Å². The molecule has 1 aromatic carbocycles. The van der Waals surface area contributed by atoms with Gasteiger partial charge >= 0.3 is 0 Å². The number of benzene rings is 1. The third-order valence-electron chi connectivity index (χ3n) is 5.03. The van der Waals surface area contributed by atoms with Gasteiger partial charge in [0.15, 0.2) is 17.3 Å². The Labute approximate surface area is 173 Å². The number of carbonyl (C=O) groups is 1. The molecule has 1 atom stereocenters. The van der Waals surface area contributed by atoms with E-state index >= 15 is 0 Å². The number of hydrogen-bond acceptors (Lipinski definition) is 7. The molecule has 0 bridgehead atoms. The molecule has 29 heavy (non-hydrogen) atoms. The van der Waals surface area contributed by atoms with Crippen LogP contribution in [0, 0.1) is 6.92 Å². The molecule has 0 radical (unpaired) electrons. The summed E-state index contributed by atoms with van der Waals surface area (Å²) in [6.07, 6.45) is 0.827.